The van der Waals surface area contributed by atoms with E-state index in [1.54, 1.807) is 54.6 Å². The summed E-state index contributed by atoms with van der Waals surface area (Å²) in [6.45, 7) is 4.56. The zero-order valence-corrected chi connectivity index (χ0v) is 34.4. The number of anilines is 3. The summed E-state index contributed by atoms with van der Waals surface area (Å²) in [6, 6.07) is 17.9. The minimum atomic E-state index is -0.155. The van der Waals surface area contributed by atoms with Crippen molar-refractivity contribution in [2.45, 2.75) is 109 Å². The smallest absolute Gasteiger partial charge is 0.213 e. The maximum Gasteiger partial charge on any atom is 0.213 e. The van der Waals surface area contributed by atoms with Crippen LogP contribution < -0.4 is 31.4 Å². The van der Waals surface area contributed by atoms with Crippen molar-refractivity contribution in [2.75, 3.05) is 17.2 Å². The molecule has 8 aliphatic rings. The van der Waals surface area contributed by atoms with Crippen LogP contribution in [0, 0.1) is 35.5 Å². The van der Waals surface area contributed by atoms with Crippen LogP contribution in [0.1, 0.15) is 140 Å². The third kappa shape index (κ3) is 6.56. The van der Waals surface area contributed by atoms with Crippen LogP contribution in [0.5, 0.6) is 34.5 Å². The maximum absolute atomic E-state index is 12.5. The van der Waals surface area contributed by atoms with Gasteiger partial charge >= 0.3 is 0 Å². The van der Waals surface area contributed by atoms with Crippen molar-refractivity contribution in [3.63, 3.8) is 0 Å². The van der Waals surface area contributed by atoms with Crippen molar-refractivity contribution in [3.05, 3.63) is 88.5 Å². The number of nitrogen functional groups attached to an aromatic ring is 3. The van der Waals surface area contributed by atoms with Gasteiger partial charge in [-0.1, -0.05) is 0 Å². The van der Waals surface area contributed by atoms with Crippen LogP contribution in [0.25, 0.3) is 0 Å². The molecule has 0 saturated heterocycles. The SMILES string of the molecule is CC(=O)c1ccc(Oc2c(C34CC5CC(CC(C5)C3)C4)cc(C34CC5CC(CC(C5)C3)C4)c(Oc3ccc(C(C)=O)cc3N)c2Oc2ccc(C(C)=O)cc2N)c(N)c1. The highest BCUT2D eigenvalue weighted by atomic mass is 16.5. The molecular formula is C50H55N3O6. The number of hydrogen-bond donors (Lipinski definition) is 3. The van der Waals surface area contributed by atoms with Gasteiger partial charge in [0.25, 0.3) is 0 Å². The van der Waals surface area contributed by atoms with E-state index in [1.165, 1.54) is 59.3 Å². The van der Waals surface area contributed by atoms with Gasteiger partial charge in [-0.15, -0.1) is 0 Å². The third-order valence-electron chi connectivity index (χ3n) is 15.3. The summed E-state index contributed by atoms with van der Waals surface area (Å²) >= 11 is 0. The molecule has 0 amide bonds. The average Bonchev–Trinajstić information content (AvgIpc) is 3.16. The van der Waals surface area contributed by atoms with Crippen LogP contribution >= 0.6 is 0 Å². The van der Waals surface area contributed by atoms with E-state index < -0.39 is 0 Å². The van der Waals surface area contributed by atoms with E-state index in [1.807, 2.05) is 0 Å². The fraction of sp³-hybridized carbons (Fsp3) is 0.460. The molecule has 6 N–H and O–H groups in total. The van der Waals surface area contributed by atoms with Gasteiger partial charge in [-0.3, -0.25) is 14.4 Å². The molecule has 0 aliphatic heterocycles. The predicted octanol–water partition coefficient (Wildman–Crippen LogP) is 11.4. The lowest BCUT2D eigenvalue weighted by Gasteiger charge is -2.59. The van der Waals surface area contributed by atoms with Crippen molar-refractivity contribution in [1.82, 2.24) is 0 Å². The molecule has 9 nitrogen and oxygen atoms in total. The topological polar surface area (TPSA) is 157 Å². The zero-order valence-electron chi connectivity index (χ0n) is 34.4. The Bertz CT molecular complexity index is 2230. The van der Waals surface area contributed by atoms with E-state index in [0.29, 0.717) is 104 Å². The molecule has 0 unspecified atom stereocenters. The Morgan fingerprint density at radius 1 is 0.441 bits per heavy atom. The van der Waals surface area contributed by atoms with E-state index in [4.69, 9.17) is 31.4 Å². The summed E-state index contributed by atoms with van der Waals surface area (Å²) < 4.78 is 21.6. The van der Waals surface area contributed by atoms with Crippen LogP contribution in [0.15, 0.2) is 60.7 Å². The number of benzene rings is 4. The van der Waals surface area contributed by atoms with Crippen LogP contribution in [0.3, 0.4) is 0 Å². The summed E-state index contributed by atoms with van der Waals surface area (Å²) in [5.74, 6) is 6.20. The van der Waals surface area contributed by atoms with E-state index in [0.717, 1.165) is 49.7 Å². The van der Waals surface area contributed by atoms with Gasteiger partial charge in [0, 0.05) is 27.8 Å². The highest BCUT2D eigenvalue weighted by Crippen LogP contribution is 2.68. The summed E-state index contributed by atoms with van der Waals surface area (Å²) in [5, 5.41) is 0. The lowest BCUT2D eigenvalue weighted by molar-refractivity contribution is -0.00959. The number of rotatable bonds is 11. The lowest BCUT2D eigenvalue weighted by Crippen LogP contribution is -2.50. The molecule has 8 aliphatic carbocycles. The van der Waals surface area contributed by atoms with Gasteiger partial charge in [0.1, 0.15) is 0 Å². The van der Waals surface area contributed by atoms with Gasteiger partial charge in [-0.05, 0) is 205 Å². The Labute approximate surface area is 346 Å². The number of ketones is 3. The standard InChI is InChI=1S/C50H55N3O6/c1-26(54)35-4-7-43(40(51)16-35)57-46-38(49-20-29-10-30(21-49)12-31(11-29)22-49)19-39(50-23-32-13-33(24-50)15-34(14-32)25-50)47(58-44-8-5-36(27(2)55)17-41(44)52)48(46)59-45-9-6-37(28(3)56)18-42(45)53/h4-9,16-19,29-34H,10-15,20-25,51-53H2,1-3H3. The summed E-state index contributed by atoms with van der Waals surface area (Å²) in [4.78, 5) is 37.4. The van der Waals surface area contributed by atoms with Crippen molar-refractivity contribution >= 4 is 34.4 Å². The monoisotopic (exact) mass is 793 g/mol. The summed E-state index contributed by atoms with van der Waals surface area (Å²) in [6.07, 6.45) is 14.1. The first kappa shape index (κ1) is 37.9. The molecule has 0 heterocycles. The van der Waals surface area contributed by atoms with E-state index >= 15 is 0 Å². The first-order valence-electron chi connectivity index (χ1n) is 21.7. The second-order valence-corrected chi connectivity index (χ2v) is 19.6. The maximum atomic E-state index is 12.5. The van der Waals surface area contributed by atoms with Crippen molar-refractivity contribution < 1.29 is 28.6 Å². The Morgan fingerprint density at radius 2 is 0.712 bits per heavy atom. The Balaban J connectivity index is 1.26. The quantitative estimate of drug-likeness (QED) is 0.0993. The second-order valence-electron chi connectivity index (χ2n) is 19.6. The molecule has 8 saturated carbocycles. The molecular weight excluding hydrogens is 739 g/mol. The molecule has 0 atom stereocenters. The molecule has 0 radical (unpaired) electrons. The highest BCUT2D eigenvalue weighted by Gasteiger charge is 2.56. The van der Waals surface area contributed by atoms with E-state index in [2.05, 4.69) is 6.07 Å². The van der Waals surface area contributed by atoms with E-state index in [-0.39, 0.29) is 28.2 Å². The third-order valence-corrected chi connectivity index (χ3v) is 15.3. The summed E-state index contributed by atoms with van der Waals surface area (Å²) in [7, 11) is 0. The van der Waals surface area contributed by atoms with Gasteiger partial charge in [-0.25, -0.2) is 0 Å². The molecule has 4 aromatic rings. The average molecular weight is 794 g/mol. The van der Waals surface area contributed by atoms with Gasteiger partial charge in [0.15, 0.2) is 46.1 Å². The Hall–Kier alpha value is -5.31. The Kier molecular flexibility index (Phi) is 8.93. The molecule has 8 bridgehead atoms. The molecule has 306 valence electrons. The first-order chi connectivity index (χ1) is 28.2. The fourth-order valence-corrected chi connectivity index (χ4v) is 13.5. The predicted molar refractivity (Wildman–Crippen MR) is 229 cm³/mol. The zero-order chi connectivity index (χ0) is 41.0. The number of ether oxygens (including phenoxy) is 3. The van der Waals surface area contributed by atoms with Gasteiger partial charge in [0.05, 0.1) is 17.1 Å². The second kappa shape index (κ2) is 13.9. The van der Waals surface area contributed by atoms with Gasteiger partial charge in [-0.2, -0.15) is 0 Å². The number of Topliss-reactive ketones (excluding diaryl/α,β-unsaturated/α-hetero) is 3. The van der Waals surface area contributed by atoms with Crippen LogP contribution in [0.2, 0.25) is 0 Å². The largest absolute Gasteiger partial charge is 0.451 e. The van der Waals surface area contributed by atoms with E-state index in [9.17, 15) is 14.4 Å². The molecule has 8 fully saturated rings. The summed E-state index contributed by atoms with van der Waals surface area (Å²) in [5.41, 5.74) is 24.6. The van der Waals surface area contributed by atoms with Crippen LogP contribution in [-0.4, -0.2) is 17.3 Å². The normalized spacial score (nSPS) is 29.7. The molecule has 12 rings (SSSR count). The van der Waals surface area contributed by atoms with Crippen LogP contribution in [-0.2, 0) is 10.8 Å². The number of carbonyl (C=O) groups is 3. The van der Waals surface area contributed by atoms with Crippen LogP contribution in [0.4, 0.5) is 17.1 Å². The number of carbonyl (C=O) groups excluding carboxylic acids is 3. The number of hydrogen-bond acceptors (Lipinski definition) is 9. The van der Waals surface area contributed by atoms with Gasteiger partial charge < -0.3 is 31.4 Å². The molecule has 0 aromatic heterocycles. The fourth-order valence-electron chi connectivity index (χ4n) is 13.5. The van der Waals surface area contributed by atoms with Crippen molar-refractivity contribution in [3.8, 4) is 34.5 Å². The van der Waals surface area contributed by atoms with Crippen molar-refractivity contribution in [1.29, 1.82) is 0 Å². The molecule has 9 heteroatoms. The minimum Gasteiger partial charge on any atom is -0.451 e. The number of nitrogens with two attached hydrogens (primary N) is 3. The lowest BCUT2D eigenvalue weighted by atomic mass is 9.46. The molecule has 4 aromatic carbocycles. The Morgan fingerprint density at radius 3 is 0.966 bits per heavy atom. The molecule has 0 spiro atoms. The first-order valence-corrected chi connectivity index (χ1v) is 21.7. The molecule has 59 heavy (non-hydrogen) atoms. The van der Waals surface area contributed by atoms with Crippen molar-refractivity contribution in [2.24, 2.45) is 35.5 Å². The highest BCUT2D eigenvalue weighted by molar-refractivity contribution is 5.96. The minimum absolute atomic E-state index is 0.0880. The van der Waals surface area contributed by atoms with Gasteiger partial charge in [0.2, 0.25) is 5.75 Å².